The van der Waals surface area contributed by atoms with E-state index in [9.17, 15) is 0 Å². The van der Waals surface area contributed by atoms with Gasteiger partial charge in [0.05, 0.1) is 13.2 Å². The molecule has 0 aliphatic carbocycles. The van der Waals surface area contributed by atoms with Crippen LogP contribution in [0.15, 0.2) is 35.3 Å². The third-order valence-corrected chi connectivity index (χ3v) is 5.16. The number of guanidine groups is 1. The van der Waals surface area contributed by atoms with Crippen LogP contribution in [-0.2, 0) is 9.47 Å². The van der Waals surface area contributed by atoms with Gasteiger partial charge in [-0.25, -0.2) is 0 Å². The van der Waals surface area contributed by atoms with Gasteiger partial charge in [-0.15, -0.1) is 0 Å². The van der Waals surface area contributed by atoms with Crippen LogP contribution in [0.5, 0.6) is 0 Å². The first-order chi connectivity index (χ1) is 13.3. The summed E-state index contributed by atoms with van der Waals surface area (Å²) in [7, 11) is 1.70. The SMILES string of the molecule is CCNC(=NCCCCOCCOC)N1CCC(c2ccccc2)C(C)C1. The van der Waals surface area contributed by atoms with Gasteiger partial charge in [-0.05, 0) is 43.6 Å². The Morgan fingerprint density at radius 2 is 2.00 bits per heavy atom. The van der Waals surface area contributed by atoms with Crippen molar-refractivity contribution in [3.05, 3.63) is 35.9 Å². The lowest BCUT2D eigenvalue weighted by Gasteiger charge is -2.39. The maximum Gasteiger partial charge on any atom is 0.193 e. The van der Waals surface area contributed by atoms with E-state index in [4.69, 9.17) is 14.5 Å². The number of piperidine rings is 1. The molecule has 152 valence electrons. The third-order valence-electron chi connectivity index (χ3n) is 5.16. The molecule has 1 heterocycles. The molecule has 0 bridgehead atoms. The maximum atomic E-state index is 5.51. The average Bonchev–Trinajstić information content (AvgIpc) is 2.69. The van der Waals surface area contributed by atoms with Crippen LogP contribution in [0.4, 0.5) is 0 Å². The summed E-state index contributed by atoms with van der Waals surface area (Å²) in [6.45, 7) is 10.5. The van der Waals surface area contributed by atoms with Gasteiger partial charge in [0, 0.05) is 39.9 Å². The second-order valence-corrected chi connectivity index (χ2v) is 7.28. The summed E-state index contributed by atoms with van der Waals surface area (Å²) in [4.78, 5) is 7.29. The Balaban J connectivity index is 1.79. The minimum atomic E-state index is 0.624. The van der Waals surface area contributed by atoms with Gasteiger partial charge in [0.1, 0.15) is 0 Å². The molecular formula is C22H37N3O2. The molecule has 2 unspecified atom stereocenters. The predicted molar refractivity (Wildman–Crippen MR) is 112 cm³/mol. The van der Waals surface area contributed by atoms with Gasteiger partial charge in [-0.2, -0.15) is 0 Å². The number of rotatable bonds is 10. The van der Waals surface area contributed by atoms with E-state index < -0.39 is 0 Å². The fraction of sp³-hybridized carbons (Fsp3) is 0.682. The molecule has 0 spiro atoms. The molecule has 5 heteroatoms. The highest BCUT2D eigenvalue weighted by Gasteiger charge is 2.28. The molecule has 0 aromatic heterocycles. The second kappa shape index (κ2) is 12.7. The lowest BCUT2D eigenvalue weighted by atomic mass is 9.82. The van der Waals surface area contributed by atoms with Crippen molar-refractivity contribution in [1.29, 1.82) is 0 Å². The number of methoxy groups -OCH3 is 1. The Bertz CT molecular complexity index is 536. The fourth-order valence-electron chi connectivity index (χ4n) is 3.70. The summed E-state index contributed by atoms with van der Waals surface area (Å²) in [5, 5.41) is 3.47. The molecule has 1 aliphatic heterocycles. The van der Waals surface area contributed by atoms with Crippen molar-refractivity contribution in [2.45, 2.75) is 39.0 Å². The molecule has 0 radical (unpaired) electrons. The summed E-state index contributed by atoms with van der Waals surface area (Å²) in [6.07, 6.45) is 3.28. The number of ether oxygens (including phenoxy) is 2. The summed E-state index contributed by atoms with van der Waals surface area (Å²) >= 11 is 0. The standard InChI is InChI=1S/C22H37N3O2/c1-4-23-22(24-13-8-9-15-27-17-16-26-3)25-14-12-21(19(2)18-25)20-10-6-5-7-11-20/h5-7,10-11,19,21H,4,8-9,12-18H2,1-3H3,(H,23,24). The van der Waals surface area contributed by atoms with Gasteiger partial charge >= 0.3 is 0 Å². The average molecular weight is 376 g/mol. The number of aliphatic imine (C=N–C) groups is 1. The number of nitrogens with one attached hydrogen (secondary N) is 1. The second-order valence-electron chi connectivity index (χ2n) is 7.28. The molecule has 1 aromatic carbocycles. The molecule has 1 saturated heterocycles. The van der Waals surface area contributed by atoms with Crippen molar-refractivity contribution >= 4 is 5.96 Å². The summed E-state index contributed by atoms with van der Waals surface area (Å²) in [5.41, 5.74) is 1.47. The highest BCUT2D eigenvalue weighted by Crippen LogP contribution is 2.32. The van der Waals surface area contributed by atoms with E-state index in [1.807, 2.05) is 0 Å². The van der Waals surface area contributed by atoms with Crippen LogP contribution in [0, 0.1) is 5.92 Å². The number of unbranched alkanes of at least 4 members (excludes halogenated alkanes) is 1. The van der Waals surface area contributed by atoms with E-state index in [0.717, 1.165) is 51.6 Å². The van der Waals surface area contributed by atoms with E-state index in [0.29, 0.717) is 25.0 Å². The summed E-state index contributed by atoms with van der Waals surface area (Å²) in [5.74, 6) is 2.34. The van der Waals surface area contributed by atoms with Gasteiger partial charge in [0.25, 0.3) is 0 Å². The number of hydrogen-bond acceptors (Lipinski definition) is 3. The molecule has 0 amide bonds. The largest absolute Gasteiger partial charge is 0.382 e. The van der Waals surface area contributed by atoms with E-state index >= 15 is 0 Å². The van der Waals surface area contributed by atoms with Crippen molar-refractivity contribution < 1.29 is 9.47 Å². The molecule has 1 fully saturated rings. The minimum Gasteiger partial charge on any atom is -0.382 e. The Kier molecular flexibility index (Phi) is 10.2. The Labute approximate surface area is 165 Å². The number of nitrogens with zero attached hydrogens (tertiary/aromatic N) is 2. The molecule has 2 rings (SSSR count). The zero-order valence-electron chi connectivity index (χ0n) is 17.3. The zero-order chi connectivity index (χ0) is 19.3. The molecule has 0 saturated carbocycles. The molecular weight excluding hydrogens is 338 g/mol. The highest BCUT2D eigenvalue weighted by atomic mass is 16.5. The minimum absolute atomic E-state index is 0.624. The van der Waals surface area contributed by atoms with Crippen molar-refractivity contribution in [3.8, 4) is 0 Å². The van der Waals surface area contributed by atoms with E-state index in [1.165, 1.54) is 12.0 Å². The highest BCUT2D eigenvalue weighted by molar-refractivity contribution is 5.80. The van der Waals surface area contributed by atoms with Crippen molar-refractivity contribution in [1.82, 2.24) is 10.2 Å². The van der Waals surface area contributed by atoms with Crippen LogP contribution in [0.25, 0.3) is 0 Å². The quantitative estimate of drug-likeness (QED) is 0.386. The molecule has 5 nitrogen and oxygen atoms in total. The smallest absolute Gasteiger partial charge is 0.193 e. The third kappa shape index (κ3) is 7.51. The van der Waals surface area contributed by atoms with E-state index in [-0.39, 0.29) is 0 Å². The van der Waals surface area contributed by atoms with E-state index in [1.54, 1.807) is 7.11 Å². The lowest BCUT2D eigenvalue weighted by molar-refractivity contribution is 0.0690. The van der Waals surface area contributed by atoms with Gasteiger partial charge in [0.2, 0.25) is 0 Å². The topological polar surface area (TPSA) is 46.1 Å². The Morgan fingerprint density at radius 3 is 2.70 bits per heavy atom. The van der Waals surface area contributed by atoms with Crippen molar-refractivity contribution in [3.63, 3.8) is 0 Å². The first kappa shape index (κ1) is 21.7. The van der Waals surface area contributed by atoms with Crippen molar-refractivity contribution in [2.75, 3.05) is 53.1 Å². The summed E-state index contributed by atoms with van der Waals surface area (Å²) in [6, 6.07) is 10.9. The van der Waals surface area contributed by atoms with E-state index in [2.05, 4.69) is 54.4 Å². The fourth-order valence-corrected chi connectivity index (χ4v) is 3.70. The van der Waals surface area contributed by atoms with Crippen LogP contribution < -0.4 is 5.32 Å². The first-order valence-corrected chi connectivity index (χ1v) is 10.4. The van der Waals surface area contributed by atoms with Crippen LogP contribution in [0.1, 0.15) is 44.6 Å². The van der Waals surface area contributed by atoms with Crippen LogP contribution >= 0.6 is 0 Å². The summed E-state index contributed by atoms with van der Waals surface area (Å²) < 4.78 is 10.5. The molecule has 1 aromatic rings. The number of hydrogen-bond donors (Lipinski definition) is 1. The van der Waals surface area contributed by atoms with Gasteiger partial charge in [-0.3, -0.25) is 4.99 Å². The van der Waals surface area contributed by atoms with Crippen molar-refractivity contribution in [2.24, 2.45) is 10.9 Å². The molecule has 2 atom stereocenters. The lowest BCUT2D eigenvalue weighted by Crippen LogP contribution is -2.48. The number of likely N-dealkylation sites (tertiary alicyclic amines) is 1. The van der Waals surface area contributed by atoms with Gasteiger partial charge in [-0.1, -0.05) is 37.3 Å². The normalized spacial score (nSPS) is 20.7. The Morgan fingerprint density at radius 1 is 1.19 bits per heavy atom. The Hall–Kier alpha value is -1.59. The monoisotopic (exact) mass is 375 g/mol. The van der Waals surface area contributed by atoms with Gasteiger partial charge < -0.3 is 19.7 Å². The van der Waals surface area contributed by atoms with Crippen LogP contribution in [0.2, 0.25) is 0 Å². The maximum absolute atomic E-state index is 5.51. The number of benzene rings is 1. The molecule has 27 heavy (non-hydrogen) atoms. The zero-order valence-corrected chi connectivity index (χ0v) is 17.3. The first-order valence-electron chi connectivity index (χ1n) is 10.4. The van der Waals surface area contributed by atoms with Crippen LogP contribution in [-0.4, -0.2) is 64.0 Å². The molecule has 1 aliphatic rings. The predicted octanol–water partition coefficient (Wildman–Crippen LogP) is 3.52. The molecule has 1 N–H and O–H groups in total. The van der Waals surface area contributed by atoms with Gasteiger partial charge in [0.15, 0.2) is 5.96 Å². The van der Waals surface area contributed by atoms with Crippen LogP contribution in [0.3, 0.4) is 0 Å².